The second-order valence-corrected chi connectivity index (χ2v) is 8.12. The molecule has 0 atom stereocenters. The minimum absolute atomic E-state index is 0.0931. The second-order valence-electron chi connectivity index (χ2n) is 8.12. The average Bonchev–Trinajstić information content (AvgIpc) is 2.72. The Hall–Kier alpha value is -2.36. The molecule has 0 aromatic heterocycles. The van der Waals surface area contributed by atoms with E-state index in [2.05, 4.69) is 6.92 Å². The van der Waals surface area contributed by atoms with Crippen LogP contribution in [0.2, 0.25) is 0 Å². The van der Waals surface area contributed by atoms with Crippen molar-refractivity contribution < 1.29 is 17.6 Å². The Kier molecular flexibility index (Phi) is 5.62. The van der Waals surface area contributed by atoms with Crippen molar-refractivity contribution in [3.05, 3.63) is 82.4 Å². The quantitative estimate of drug-likeness (QED) is 0.310. The van der Waals surface area contributed by atoms with Gasteiger partial charge in [0.25, 0.3) is 0 Å². The summed E-state index contributed by atoms with van der Waals surface area (Å²) >= 11 is 0. The molecule has 0 aliphatic heterocycles. The molecule has 1 aliphatic rings. The summed E-state index contributed by atoms with van der Waals surface area (Å²) in [5.74, 6) is -3.40. The van der Waals surface area contributed by atoms with Crippen LogP contribution in [0.3, 0.4) is 0 Å². The zero-order valence-electron chi connectivity index (χ0n) is 16.5. The Labute approximate surface area is 168 Å². The molecule has 0 N–H and O–H groups in total. The van der Waals surface area contributed by atoms with E-state index >= 15 is 0 Å². The zero-order valence-corrected chi connectivity index (χ0v) is 16.5. The van der Waals surface area contributed by atoms with Gasteiger partial charge in [0.05, 0.1) is 0 Å². The van der Waals surface area contributed by atoms with E-state index in [-0.39, 0.29) is 23.0 Å². The first-order valence-electron chi connectivity index (χ1n) is 10.3. The van der Waals surface area contributed by atoms with Crippen molar-refractivity contribution in [3.8, 4) is 0 Å². The van der Waals surface area contributed by atoms with Crippen LogP contribution in [0.15, 0.2) is 42.5 Å². The van der Waals surface area contributed by atoms with Crippen LogP contribution >= 0.6 is 0 Å². The summed E-state index contributed by atoms with van der Waals surface area (Å²) in [6.45, 7) is 2.08. The van der Waals surface area contributed by atoms with Crippen LogP contribution in [0, 0.1) is 23.3 Å². The van der Waals surface area contributed by atoms with Crippen molar-refractivity contribution in [2.75, 3.05) is 0 Å². The number of benzene rings is 3. The van der Waals surface area contributed by atoms with Crippen LogP contribution in [-0.2, 0) is 6.42 Å². The lowest BCUT2D eigenvalue weighted by Gasteiger charge is -2.29. The SMILES string of the molecule is CCCc1ccc(C2CCC(c3ccc4c(F)c(F)c(F)cc4c3)CC2)c(F)c1. The molecule has 29 heavy (non-hydrogen) atoms. The number of halogens is 4. The Balaban J connectivity index is 1.50. The van der Waals surface area contributed by atoms with Gasteiger partial charge in [-0.05, 0) is 78.1 Å². The molecular weight excluding hydrogens is 376 g/mol. The van der Waals surface area contributed by atoms with Crippen molar-refractivity contribution in [3.63, 3.8) is 0 Å². The zero-order chi connectivity index (χ0) is 20.5. The molecule has 3 aromatic rings. The highest BCUT2D eigenvalue weighted by Crippen LogP contribution is 2.42. The molecule has 4 heteroatoms. The maximum absolute atomic E-state index is 14.6. The second kappa shape index (κ2) is 8.17. The van der Waals surface area contributed by atoms with Gasteiger partial charge in [-0.15, -0.1) is 0 Å². The van der Waals surface area contributed by atoms with E-state index < -0.39 is 17.5 Å². The van der Waals surface area contributed by atoms with Crippen LogP contribution in [-0.4, -0.2) is 0 Å². The molecule has 0 heterocycles. The molecule has 0 unspecified atom stereocenters. The molecular formula is C25H24F4. The van der Waals surface area contributed by atoms with Crippen molar-refractivity contribution in [1.82, 2.24) is 0 Å². The van der Waals surface area contributed by atoms with Gasteiger partial charge in [-0.25, -0.2) is 17.6 Å². The standard InChI is InChI=1S/C25H24F4/c1-2-3-15-4-10-20(22(26)12-15)17-7-5-16(6-8-17)18-9-11-21-19(13-18)14-23(27)25(29)24(21)28/h4,9-14,16-17H,2-3,5-8H2,1H3. The number of hydrogen-bond acceptors (Lipinski definition) is 0. The van der Waals surface area contributed by atoms with Gasteiger partial charge in [0.1, 0.15) is 5.82 Å². The first kappa shape index (κ1) is 19.9. The number of rotatable bonds is 4. The van der Waals surface area contributed by atoms with Crippen molar-refractivity contribution in [2.24, 2.45) is 0 Å². The van der Waals surface area contributed by atoms with Crippen molar-refractivity contribution in [2.45, 2.75) is 57.3 Å². The van der Waals surface area contributed by atoms with Gasteiger partial charge in [0.2, 0.25) is 0 Å². The molecule has 0 spiro atoms. The van der Waals surface area contributed by atoms with Gasteiger partial charge in [-0.2, -0.15) is 0 Å². The first-order valence-corrected chi connectivity index (χ1v) is 10.3. The lowest BCUT2D eigenvalue weighted by atomic mass is 9.75. The Morgan fingerprint density at radius 2 is 1.48 bits per heavy atom. The third kappa shape index (κ3) is 3.90. The number of hydrogen-bond donors (Lipinski definition) is 0. The third-order valence-electron chi connectivity index (χ3n) is 6.24. The summed E-state index contributed by atoms with van der Waals surface area (Å²) in [4.78, 5) is 0. The third-order valence-corrected chi connectivity index (χ3v) is 6.24. The van der Waals surface area contributed by atoms with Crippen LogP contribution in [0.1, 0.15) is 67.6 Å². The summed E-state index contributed by atoms with van der Waals surface area (Å²) < 4.78 is 55.5. The Morgan fingerprint density at radius 1 is 0.759 bits per heavy atom. The molecule has 152 valence electrons. The Morgan fingerprint density at radius 3 is 2.17 bits per heavy atom. The van der Waals surface area contributed by atoms with Crippen LogP contribution in [0.25, 0.3) is 10.8 Å². The smallest absolute Gasteiger partial charge is 0.195 e. The molecule has 0 nitrogen and oxygen atoms in total. The van der Waals surface area contributed by atoms with Gasteiger partial charge in [0.15, 0.2) is 17.5 Å². The minimum atomic E-state index is -1.43. The maximum atomic E-state index is 14.6. The predicted molar refractivity (Wildman–Crippen MR) is 108 cm³/mol. The fourth-order valence-corrected chi connectivity index (χ4v) is 4.66. The number of fused-ring (bicyclic) bond motifs is 1. The molecule has 0 amide bonds. The summed E-state index contributed by atoms with van der Waals surface area (Å²) in [5, 5.41) is 0.467. The lowest BCUT2D eigenvalue weighted by Crippen LogP contribution is -2.13. The molecule has 0 saturated heterocycles. The monoisotopic (exact) mass is 400 g/mol. The predicted octanol–water partition coefficient (Wildman–Crippen LogP) is 7.79. The summed E-state index contributed by atoms with van der Waals surface area (Å²) in [7, 11) is 0. The lowest BCUT2D eigenvalue weighted by molar-refractivity contribution is 0.387. The van der Waals surface area contributed by atoms with Gasteiger partial charge >= 0.3 is 0 Å². The molecule has 0 radical (unpaired) electrons. The number of aryl methyl sites for hydroxylation is 1. The largest absolute Gasteiger partial charge is 0.207 e. The van der Waals surface area contributed by atoms with E-state index in [1.807, 2.05) is 12.1 Å². The topological polar surface area (TPSA) is 0 Å². The fourth-order valence-electron chi connectivity index (χ4n) is 4.66. The van der Waals surface area contributed by atoms with Gasteiger partial charge < -0.3 is 0 Å². The van der Waals surface area contributed by atoms with Crippen LogP contribution in [0.4, 0.5) is 17.6 Å². The Bertz CT molecular complexity index is 1030. The summed E-state index contributed by atoms with van der Waals surface area (Å²) in [6.07, 6.45) is 5.40. The van der Waals surface area contributed by atoms with E-state index in [1.54, 1.807) is 18.2 Å². The first-order chi connectivity index (χ1) is 14.0. The highest BCUT2D eigenvalue weighted by atomic mass is 19.2. The van der Waals surface area contributed by atoms with Crippen LogP contribution in [0.5, 0.6) is 0 Å². The van der Waals surface area contributed by atoms with E-state index in [0.29, 0.717) is 5.39 Å². The molecule has 3 aromatic carbocycles. The van der Waals surface area contributed by atoms with Crippen molar-refractivity contribution >= 4 is 10.8 Å². The van der Waals surface area contributed by atoms with Crippen molar-refractivity contribution in [1.29, 1.82) is 0 Å². The fraction of sp³-hybridized carbons (Fsp3) is 0.360. The maximum Gasteiger partial charge on any atom is 0.195 e. The van der Waals surface area contributed by atoms with Gasteiger partial charge in [0, 0.05) is 5.39 Å². The van der Waals surface area contributed by atoms with Gasteiger partial charge in [-0.1, -0.05) is 43.7 Å². The highest BCUT2D eigenvalue weighted by Gasteiger charge is 2.26. The summed E-state index contributed by atoms with van der Waals surface area (Å²) in [6, 6.07) is 11.8. The molecule has 1 saturated carbocycles. The molecule has 1 aliphatic carbocycles. The van der Waals surface area contributed by atoms with E-state index in [0.717, 1.165) is 61.3 Å². The van der Waals surface area contributed by atoms with E-state index in [9.17, 15) is 17.6 Å². The minimum Gasteiger partial charge on any atom is -0.207 e. The van der Waals surface area contributed by atoms with E-state index in [1.165, 1.54) is 6.07 Å². The average molecular weight is 400 g/mol. The molecule has 0 bridgehead atoms. The van der Waals surface area contributed by atoms with E-state index in [4.69, 9.17) is 0 Å². The normalized spacial score (nSPS) is 19.6. The van der Waals surface area contributed by atoms with Crippen LogP contribution < -0.4 is 0 Å². The molecule has 1 fully saturated rings. The molecule has 4 rings (SSSR count). The summed E-state index contributed by atoms with van der Waals surface area (Å²) in [5.41, 5.74) is 2.83. The van der Waals surface area contributed by atoms with Gasteiger partial charge in [-0.3, -0.25) is 0 Å². The highest BCUT2D eigenvalue weighted by molar-refractivity contribution is 5.84.